The third-order valence-electron chi connectivity index (χ3n) is 8.66. The smallest absolute Gasteiger partial charge is 0.433 e. The lowest BCUT2D eigenvalue weighted by Gasteiger charge is -2.37. The van der Waals surface area contributed by atoms with E-state index in [-0.39, 0.29) is 23.5 Å². The Morgan fingerprint density at radius 2 is 1.38 bits per heavy atom. The van der Waals surface area contributed by atoms with Crippen LogP contribution in [0.15, 0.2) is 109 Å². The van der Waals surface area contributed by atoms with E-state index in [1.54, 1.807) is 15.6 Å². The summed E-state index contributed by atoms with van der Waals surface area (Å²) in [7, 11) is 0. The van der Waals surface area contributed by atoms with Gasteiger partial charge in [0.1, 0.15) is 17.3 Å². The Kier molecular flexibility index (Phi) is 8.05. The maximum absolute atomic E-state index is 14.7. The van der Waals surface area contributed by atoms with Crippen molar-refractivity contribution >= 4 is 10.9 Å². The van der Waals surface area contributed by atoms with E-state index in [4.69, 9.17) is 14.6 Å². The number of alkyl halides is 3. The number of fused-ring (bicyclic) bond motifs is 1. The summed E-state index contributed by atoms with van der Waals surface area (Å²) in [6.45, 7) is 4.93. The largest absolute Gasteiger partial charge is 0.474 e. The second kappa shape index (κ2) is 12.3. The molecular formula is C37H34F3N5O2. The number of pyridine rings is 1. The fourth-order valence-electron chi connectivity index (χ4n) is 6.39. The SMILES string of the molecule is CC(C)n1cc(-c2nn(C(c3ccccc3)(c3ccccc3)c3ccccc3)c3cc(C(F)(F)F)nc(OC4CCOCC4)c23)cn1. The quantitative estimate of drug-likeness (QED) is 0.157. The van der Waals surface area contributed by atoms with Crippen LogP contribution in [0.4, 0.5) is 13.2 Å². The summed E-state index contributed by atoms with van der Waals surface area (Å²) in [5.74, 6) is -0.108. The Hall–Kier alpha value is -4.96. The van der Waals surface area contributed by atoms with Crippen molar-refractivity contribution in [2.24, 2.45) is 0 Å². The van der Waals surface area contributed by atoms with Crippen molar-refractivity contribution in [1.82, 2.24) is 24.5 Å². The topological polar surface area (TPSA) is 67.0 Å². The van der Waals surface area contributed by atoms with E-state index in [1.165, 1.54) is 0 Å². The number of aromatic nitrogens is 5. The Morgan fingerprint density at radius 3 is 1.87 bits per heavy atom. The van der Waals surface area contributed by atoms with Crippen LogP contribution in [0.3, 0.4) is 0 Å². The van der Waals surface area contributed by atoms with Gasteiger partial charge in [0.05, 0.1) is 30.3 Å². The van der Waals surface area contributed by atoms with Gasteiger partial charge in [-0.05, 0) is 36.6 Å². The van der Waals surface area contributed by atoms with Crippen LogP contribution in [-0.4, -0.2) is 43.9 Å². The Morgan fingerprint density at radius 1 is 0.830 bits per heavy atom. The summed E-state index contributed by atoms with van der Waals surface area (Å²) in [6, 6.07) is 30.4. The first kappa shape index (κ1) is 30.7. The van der Waals surface area contributed by atoms with Crippen molar-refractivity contribution in [2.75, 3.05) is 13.2 Å². The van der Waals surface area contributed by atoms with Crippen LogP contribution in [0.25, 0.3) is 22.2 Å². The van der Waals surface area contributed by atoms with Gasteiger partial charge in [0, 0.05) is 30.6 Å². The Labute approximate surface area is 270 Å². The molecule has 0 radical (unpaired) electrons. The van der Waals surface area contributed by atoms with Crippen LogP contribution in [0.1, 0.15) is 55.1 Å². The maximum Gasteiger partial charge on any atom is 0.433 e. The van der Waals surface area contributed by atoms with Crippen LogP contribution in [-0.2, 0) is 16.5 Å². The predicted molar refractivity (Wildman–Crippen MR) is 173 cm³/mol. The van der Waals surface area contributed by atoms with Gasteiger partial charge in [-0.1, -0.05) is 91.0 Å². The van der Waals surface area contributed by atoms with Crippen molar-refractivity contribution in [3.63, 3.8) is 0 Å². The van der Waals surface area contributed by atoms with E-state index in [9.17, 15) is 13.2 Å². The molecule has 0 unspecified atom stereocenters. The molecule has 1 aliphatic rings. The minimum atomic E-state index is -4.74. The van der Waals surface area contributed by atoms with Crippen molar-refractivity contribution in [1.29, 1.82) is 0 Å². The monoisotopic (exact) mass is 637 g/mol. The van der Waals surface area contributed by atoms with Gasteiger partial charge in [-0.15, -0.1) is 0 Å². The van der Waals surface area contributed by atoms with E-state index < -0.39 is 17.4 Å². The van der Waals surface area contributed by atoms with Gasteiger partial charge < -0.3 is 9.47 Å². The highest BCUT2D eigenvalue weighted by Crippen LogP contribution is 2.47. The second-order valence-corrected chi connectivity index (χ2v) is 12.0. The fourth-order valence-corrected chi connectivity index (χ4v) is 6.39. The molecule has 0 aliphatic carbocycles. The lowest BCUT2D eigenvalue weighted by molar-refractivity contribution is -0.141. The van der Waals surface area contributed by atoms with E-state index in [1.807, 2.05) is 111 Å². The maximum atomic E-state index is 14.7. The predicted octanol–water partition coefficient (Wildman–Crippen LogP) is 8.29. The zero-order valence-electron chi connectivity index (χ0n) is 26.1. The van der Waals surface area contributed by atoms with Gasteiger partial charge in [-0.25, -0.2) is 9.67 Å². The minimum Gasteiger partial charge on any atom is -0.474 e. The molecule has 7 nitrogen and oxygen atoms in total. The van der Waals surface area contributed by atoms with Crippen molar-refractivity contribution in [3.8, 4) is 17.1 Å². The summed E-state index contributed by atoms with van der Waals surface area (Å²) in [6.07, 6.45) is -0.472. The van der Waals surface area contributed by atoms with E-state index in [0.29, 0.717) is 42.7 Å². The molecule has 1 aliphatic heterocycles. The third kappa shape index (κ3) is 5.56. The number of hydrogen-bond donors (Lipinski definition) is 0. The van der Waals surface area contributed by atoms with Crippen LogP contribution in [0, 0.1) is 0 Å². The van der Waals surface area contributed by atoms with Crippen molar-refractivity contribution in [2.45, 2.75) is 50.6 Å². The fraction of sp³-hybridized carbons (Fsp3) is 0.270. The lowest BCUT2D eigenvalue weighted by Crippen LogP contribution is -2.38. The van der Waals surface area contributed by atoms with Crippen LogP contribution < -0.4 is 4.74 Å². The number of nitrogens with zero attached hydrogens (tertiary/aromatic N) is 5. The van der Waals surface area contributed by atoms with Gasteiger partial charge in [0.2, 0.25) is 5.88 Å². The lowest BCUT2D eigenvalue weighted by atomic mass is 9.77. The third-order valence-corrected chi connectivity index (χ3v) is 8.66. The van der Waals surface area contributed by atoms with E-state index in [2.05, 4.69) is 10.1 Å². The van der Waals surface area contributed by atoms with E-state index in [0.717, 1.165) is 22.8 Å². The van der Waals surface area contributed by atoms with Crippen molar-refractivity contribution in [3.05, 3.63) is 132 Å². The first-order valence-electron chi connectivity index (χ1n) is 15.7. The molecule has 0 N–H and O–H groups in total. The standard InChI is InChI=1S/C37H34F3N5O2/c1-25(2)44-24-26(23-41-44)34-33-31(22-32(37(38,39)40)42-35(33)47-30-18-20-46-21-19-30)45(43-34)36(27-12-6-3-7-13-27,28-14-8-4-9-15-28)29-16-10-5-11-17-29/h3-17,22-25,30H,18-21H2,1-2H3. The number of benzene rings is 3. The van der Waals surface area contributed by atoms with Crippen LogP contribution in [0.2, 0.25) is 0 Å². The van der Waals surface area contributed by atoms with Gasteiger partial charge in [-0.3, -0.25) is 4.68 Å². The normalized spacial score (nSPS) is 14.6. The molecule has 1 saturated heterocycles. The molecule has 0 atom stereocenters. The first-order chi connectivity index (χ1) is 22.8. The number of halogens is 3. The molecule has 6 aromatic rings. The summed E-state index contributed by atoms with van der Waals surface area (Å²) >= 11 is 0. The molecular weight excluding hydrogens is 603 g/mol. The van der Waals surface area contributed by atoms with Gasteiger partial charge >= 0.3 is 6.18 Å². The Balaban J connectivity index is 1.64. The molecule has 0 bridgehead atoms. The molecule has 4 heterocycles. The molecule has 47 heavy (non-hydrogen) atoms. The molecule has 3 aromatic carbocycles. The number of rotatable bonds is 8. The average Bonchev–Trinajstić information content (AvgIpc) is 3.73. The minimum absolute atomic E-state index is 0.0575. The van der Waals surface area contributed by atoms with Gasteiger partial charge in [0.15, 0.2) is 5.69 Å². The zero-order valence-corrected chi connectivity index (χ0v) is 26.1. The van der Waals surface area contributed by atoms with Gasteiger partial charge in [-0.2, -0.15) is 23.4 Å². The zero-order chi connectivity index (χ0) is 32.6. The summed E-state index contributed by atoms with van der Waals surface area (Å²) in [5, 5.41) is 10.2. The molecule has 0 saturated carbocycles. The molecule has 0 spiro atoms. The molecule has 7 rings (SSSR count). The van der Waals surface area contributed by atoms with Gasteiger partial charge in [0.25, 0.3) is 0 Å². The highest BCUT2D eigenvalue weighted by Gasteiger charge is 2.43. The summed E-state index contributed by atoms with van der Waals surface area (Å²) < 4.78 is 59.6. The molecule has 3 aromatic heterocycles. The van der Waals surface area contributed by atoms with E-state index >= 15 is 0 Å². The van der Waals surface area contributed by atoms with Crippen LogP contribution >= 0.6 is 0 Å². The molecule has 10 heteroatoms. The molecule has 1 fully saturated rings. The van der Waals surface area contributed by atoms with Crippen molar-refractivity contribution < 1.29 is 22.6 Å². The highest BCUT2D eigenvalue weighted by molar-refractivity contribution is 5.97. The Bertz CT molecular complexity index is 1870. The molecule has 240 valence electrons. The average molecular weight is 638 g/mol. The molecule has 0 amide bonds. The summed E-state index contributed by atoms with van der Waals surface area (Å²) in [4.78, 5) is 4.14. The highest BCUT2D eigenvalue weighted by atomic mass is 19.4. The second-order valence-electron chi connectivity index (χ2n) is 12.0. The first-order valence-corrected chi connectivity index (χ1v) is 15.7. The number of ether oxygens (including phenoxy) is 2. The van der Waals surface area contributed by atoms with Crippen LogP contribution in [0.5, 0.6) is 5.88 Å². The summed E-state index contributed by atoms with van der Waals surface area (Å²) in [5.41, 5.74) is 1.54. The number of hydrogen-bond acceptors (Lipinski definition) is 5.